The van der Waals surface area contributed by atoms with Crippen molar-refractivity contribution in [2.24, 2.45) is 0 Å². The van der Waals surface area contributed by atoms with E-state index in [1.165, 1.54) is 23.1 Å². The van der Waals surface area contributed by atoms with Crippen molar-refractivity contribution < 1.29 is 9.59 Å². The van der Waals surface area contributed by atoms with E-state index in [9.17, 15) is 9.59 Å². The monoisotopic (exact) mass is 253 g/mol. The van der Waals surface area contributed by atoms with Gasteiger partial charge in [0.15, 0.2) is 5.78 Å². The minimum Gasteiger partial charge on any atom is -0.306 e. The van der Waals surface area contributed by atoms with Crippen LogP contribution < -0.4 is 0 Å². The van der Waals surface area contributed by atoms with Gasteiger partial charge in [0, 0.05) is 12.6 Å². The molecule has 2 heterocycles. The Morgan fingerprint density at radius 3 is 3.06 bits per heavy atom. The number of nitrogens with zero attached hydrogens (tertiary/aromatic N) is 1. The molecule has 84 valence electrons. The molecule has 0 N–H and O–H groups in total. The van der Waals surface area contributed by atoms with Gasteiger partial charge in [0.2, 0.25) is 5.91 Å². The number of amides is 1. The predicted octanol–water partition coefficient (Wildman–Crippen LogP) is 2.37. The number of carbonyl (C=O) groups is 2. The maximum atomic E-state index is 11.8. The molecule has 1 aromatic heterocycles. The van der Waals surface area contributed by atoms with Crippen LogP contribution in [0.25, 0.3) is 0 Å². The van der Waals surface area contributed by atoms with Crippen LogP contribution in [0.2, 0.25) is 0 Å². The highest BCUT2D eigenvalue weighted by atomic mass is 32.2. The van der Waals surface area contributed by atoms with E-state index in [0.717, 1.165) is 5.03 Å². The van der Waals surface area contributed by atoms with E-state index in [-0.39, 0.29) is 11.7 Å². The van der Waals surface area contributed by atoms with Crippen molar-refractivity contribution in [3.8, 4) is 0 Å². The Kier molecular flexibility index (Phi) is 3.46. The summed E-state index contributed by atoms with van der Waals surface area (Å²) >= 11 is 2.85. The SMILES string of the molecule is CCN1C(=O)CSC1=CC(=O)c1cccs1. The first kappa shape index (κ1) is 11.4. The van der Waals surface area contributed by atoms with E-state index >= 15 is 0 Å². The van der Waals surface area contributed by atoms with Gasteiger partial charge in [0.25, 0.3) is 0 Å². The molecule has 3 nitrogen and oxygen atoms in total. The number of rotatable bonds is 3. The summed E-state index contributed by atoms with van der Waals surface area (Å²) < 4.78 is 0. The topological polar surface area (TPSA) is 37.4 Å². The molecule has 0 spiro atoms. The van der Waals surface area contributed by atoms with Gasteiger partial charge in [0.05, 0.1) is 15.7 Å². The van der Waals surface area contributed by atoms with Gasteiger partial charge in [-0.2, -0.15) is 0 Å². The molecule has 0 unspecified atom stereocenters. The van der Waals surface area contributed by atoms with Gasteiger partial charge in [-0.1, -0.05) is 17.8 Å². The molecule has 2 rings (SSSR count). The summed E-state index contributed by atoms with van der Waals surface area (Å²) in [5.41, 5.74) is 0. The van der Waals surface area contributed by atoms with Crippen molar-refractivity contribution in [1.29, 1.82) is 0 Å². The molecule has 1 aromatic rings. The molecule has 5 heteroatoms. The average Bonchev–Trinajstić information content (AvgIpc) is 2.88. The molecule has 16 heavy (non-hydrogen) atoms. The van der Waals surface area contributed by atoms with Gasteiger partial charge < -0.3 is 4.90 Å². The lowest BCUT2D eigenvalue weighted by atomic mass is 10.3. The Bertz CT molecular complexity index is 437. The summed E-state index contributed by atoms with van der Waals surface area (Å²) in [6.45, 7) is 2.53. The van der Waals surface area contributed by atoms with Crippen LogP contribution in [-0.2, 0) is 4.79 Å². The third kappa shape index (κ3) is 2.20. The molecule has 0 radical (unpaired) electrons. The maximum absolute atomic E-state index is 11.8. The number of hydrogen-bond donors (Lipinski definition) is 0. The number of hydrogen-bond acceptors (Lipinski definition) is 4. The van der Waals surface area contributed by atoms with Gasteiger partial charge in [-0.25, -0.2) is 0 Å². The van der Waals surface area contributed by atoms with E-state index in [0.29, 0.717) is 17.2 Å². The Labute approximate surface area is 102 Å². The fourth-order valence-electron chi connectivity index (χ4n) is 1.47. The van der Waals surface area contributed by atoms with Crippen molar-refractivity contribution >= 4 is 34.8 Å². The van der Waals surface area contributed by atoms with Crippen LogP contribution in [0.1, 0.15) is 16.6 Å². The molecule has 0 aromatic carbocycles. The predicted molar refractivity (Wildman–Crippen MR) is 66.6 cm³/mol. The van der Waals surface area contributed by atoms with Gasteiger partial charge in [-0.05, 0) is 18.4 Å². The second kappa shape index (κ2) is 4.84. The molecular formula is C11H11NO2S2. The average molecular weight is 253 g/mol. The molecule has 1 fully saturated rings. The summed E-state index contributed by atoms with van der Waals surface area (Å²) in [6.07, 6.45) is 1.56. The zero-order valence-electron chi connectivity index (χ0n) is 8.80. The van der Waals surface area contributed by atoms with Crippen LogP contribution in [0.5, 0.6) is 0 Å². The van der Waals surface area contributed by atoms with Crippen LogP contribution in [0.4, 0.5) is 0 Å². The highest BCUT2D eigenvalue weighted by Crippen LogP contribution is 2.29. The zero-order chi connectivity index (χ0) is 11.5. The summed E-state index contributed by atoms with van der Waals surface area (Å²) in [7, 11) is 0. The number of allylic oxidation sites excluding steroid dienone is 1. The van der Waals surface area contributed by atoms with Gasteiger partial charge in [-0.3, -0.25) is 9.59 Å². The Balaban J connectivity index is 2.18. The third-order valence-corrected chi connectivity index (χ3v) is 4.16. The maximum Gasteiger partial charge on any atom is 0.237 e. The summed E-state index contributed by atoms with van der Waals surface area (Å²) in [5, 5.41) is 2.64. The van der Waals surface area contributed by atoms with Gasteiger partial charge in [0.1, 0.15) is 0 Å². The van der Waals surface area contributed by atoms with E-state index in [1.54, 1.807) is 17.0 Å². The first-order valence-electron chi connectivity index (χ1n) is 4.95. The molecule has 1 amide bonds. The quantitative estimate of drug-likeness (QED) is 0.613. The molecule has 0 bridgehead atoms. The molecule has 1 aliphatic heterocycles. The van der Waals surface area contributed by atoms with E-state index < -0.39 is 0 Å². The lowest BCUT2D eigenvalue weighted by Gasteiger charge is -2.13. The number of thiophene rings is 1. The van der Waals surface area contributed by atoms with Crippen LogP contribution >= 0.6 is 23.1 Å². The molecule has 1 saturated heterocycles. The fourth-order valence-corrected chi connectivity index (χ4v) is 3.11. The second-order valence-electron chi connectivity index (χ2n) is 3.25. The largest absolute Gasteiger partial charge is 0.306 e. The Hall–Kier alpha value is -1.07. The van der Waals surface area contributed by atoms with Crippen molar-refractivity contribution in [3.63, 3.8) is 0 Å². The first-order chi connectivity index (χ1) is 7.72. The molecular weight excluding hydrogens is 242 g/mol. The highest BCUT2D eigenvalue weighted by molar-refractivity contribution is 8.04. The van der Waals surface area contributed by atoms with Crippen molar-refractivity contribution in [2.75, 3.05) is 12.3 Å². The van der Waals surface area contributed by atoms with Crippen LogP contribution in [0.3, 0.4) is 0 Å². The molecule has 0 saturated carbocycles. The lowest BCUT2D eigenvalue weighted by molar-refractivity contribution is -0.125. The zero-order valence-corrected chi connectivity index (χ0v) is 10.4. The summed E-state index contributed by atoms with van der Waals surface area (Å²) in [6, 6.07) is 3.64. The van der Waals surface area contributed by atoms with Crippen molar-refractivity contribution in [2.45, 2.75) is 6.92 Å². The summed E-state index contributed by atoms with van der Waals surface area (Å²) in [4.78, 5) is 25.6. The normalized spacial score (nSPS) is 18.4. The second-order valence-corrected chi connectivity index (χ2v) is 5.19. The molecule has 0 aliphatic carbocycles. The number of carbonyl (C=O) groups excluding carboxylic acids is 2. The van der Waals surface area contributed by atoms with Gasteiger partial charge >= 0.3 is 0 Å². The van der Waals surface area contributed by atoms with Crippen LogP contribution in [0.15, 0.2) is 28.6 Å². The van der Waals surface area contributed by atoms with Gasteiger partial charge in [-0.15, -0.1) is 11.3 Å². The standard InChI is InChI=1S/C11H11NO2S2/c1-2-12-10(14)7-16-11(12)6-8(13)9-4-3-5-15-9/h3-6H,2,7H2,1H3. The van der Waals surface area contributed by atoms with E-state index in [1.807, 2.05) is 18.4 Å². The smallest absolute Gasteiger partial charge is 0.237 e. The van der Waals surface area contributed by atoms with Crippen LogP contribution in [0, 0.1) is 0 Å². The Morgan fingerprint density at radius 1 is 1.62 bits per heavy atom. The van der Waals surface area contributed by atoms with E-state index in [2.05, 4.69) is 0 Å². The highest BCUT2D eigenvalue weighted by Gasteiger charge is 2.25. The molecule has 1 aliphatic rings. The first-order valence-corrected chi connectivity index (χ1v) is 6.81. The Morgan fingerprint density at radius 2 is 2.44 bits per heavy atom. The lowest BCUT2D eigenvalue weighted by Crippen LogP contribution is -2.24. The van der Waals surface area contributed by atoms with Crippen molar-refractivity contribution in [3.05, 3.63) is 33.5 Å². The van der Waals surface area contributed by atoms with Crippen LogP contribution in [-0.4, -0.2) is 28.9 Å². The third-order valence-electron chi connectivity index (χ3n) is 2.25. The number of ketones is 1. The van der Waals surface area contributed by atoms with E-state index in [4.69, 9.17) is 0 Å². The molecule has 0 atom stereocenters. The number of thioether (sulfide) groups is 1. The summed E-state index contributed by atoms with van der Waals surface area (Å²) in [5.74, 6) is 0.501. The fraction of sp³-hybridized carbons (Fsp3) is 0.273. The minimum atomic E-state index is -0.0225. The van der Waals surface area contributed by atoms with Crippen molar-refractivity contribution in [1.82, 2.24) is 4.90 Å². The minimum absolute atomic E-state index is 0.0225.